The first-order valence-electron chi connectivity index (χ1n) is 7.11. The van der Waals surface area contributed by atoms with E-state index in [2.05, 4.69) is 51.1 Å². The molecule has 1 aliphatic heterocycles. The SMILES string of the molecule is C=C(N(C)C(C)C)C1(CC)CCN(CC)CC1. The average molecular weight is 238 g/mol. The highest BCUT2D eigenvalue weighted by molar-refractivity contribution is 5.11. The van der Waals surface area contributed by atoms with Gasteiger partial charge in [0.15, 0.2) is 0 Å². The second-order valence-corrected chi connectivity index (χ2v) is 5.72. The molecule has 17 heavy (non-hydrogen) atoms. The number of rotatable bonds is 5. The van der Waals surface area contributed by atoms with Crippen LogP contribution in [0.25, 0.3) is 0 Å². The molecule has 0 bridgehead atoms. The Morgan fingerprint density at radius 1 is 1.29 bits per heavy atom. The molecule has 1 aliphatic rings. The van der Waals surface area contributed by atoms with Gasteiger partial charge >= 0.3 is 0 Å². The van der Waals surface area contributed by atoms with E-state index >= 15 is 0 Å². The zero-order chi connectivity index (χ0) is 13.1. The Balaban J connectivity index is 2.73. The van der Waals surface area contributed by atoms with Gasteiger partial charge in [-0.1, -0.05) is 20.4 Å². The van der Waals surface area contributed by atoms with E-state index in [4.69, 9.17) is 0 Å². The molecule has 0 N–H and O–H groups in total. The Morgan fingerprint density at radius 3 is 2.18 bits per heavy atom. The van der Waals surface area contributed by atoms with Gasteiger partial charge in [0.25, 0.3) is 0 Å². The van der Waals surface area contributed by atoms with Crippen molar-refractivity contribution in [2.75, 3.05) is 26.7 Å². The van der Waals surface area contributed by atoms with Crippen molar-refractivity contribution in [1.82, 2.24) is 9.80 Å². The summed E-state index contributed by atoms with van der Waals surface area (Å²) in [5, 5.41) is 0. The van der Waals surface area contributed by atoms with Crippen molar-refractivity contribution in [1.29, 1.82) is 0 Å². The van der Waals surface area contributed by atoms with E-state index in [1.165, 1.54) is 44.6 Å². The van der Waals surface area contributed by atoms with E-state index in [0.29, 0.717) is 11.5 Å². The average Bonchev–Trinajstić information content (AvgIpc) is 2.36. The molecule has 0 amide bonds. The molecule has 1 saturated heterocycles. The molecule has 0 spiro atoms. The second-order valence-electron chi connectivity index (χ2n) is 5.72. The monoisotopic (exact) mass is 238 g/mol. The Bertz CT molecular complexity index is 250. The first-order chi connectivity index (χ1) is 7.96. The minimum absolute atomic E-state index is 0.352. The third-order valence-electron chi connectivity index (χ3n) is 4.75. The third-order valence-corrected chi connectivity index (χ3v) is 4.75. The summed E-state index contributed by atoms with van der Waals surface area (Å²) >= 11 is 0. The van der Waals surface area contributed by atoms with Crippen LogP contribution in [-0.2, 0) is 0 Å². The standard InChI is InChI=1S/C15H30N2/c1-7-15(14(5)16(6)13(3)4)9-11-17(8-2)12-10-15/h13H,5,7-12H2,1-4,6H3. The van der Waals surface area contributed by atoms with E-state index in [1.807, 2.05) is 0 Å². The summed E-state index contributed by atoms with van der Waals surface area (Å²) in [6.45, 7) is 17.1. The van der Waals surface area contributed by atoms with Gasteiger partial charge in [0.2, 0.25) is 0 Å². The number of likely N-dealkylation sites (tertiary alicyclic amines) is 1. The quantitative estimate of drug-likeness (QED) is 0.725. The zero-order valence-electron chi connectivity index (χ0n) is 12.4. The normalized spacial score (nSPS) is 20.6. The molecule has 0 saturated carbocycles. The van der Waals surface area contributed by atoms with Crippen LogP contribution in [0.3, 0.4) is 0 Å². The van der Waals surface area contributed by atoms with E-state index in [-0.39, 0.29) is 0 Å². The first-order valence-corrected chi connectivity index (χ1v) is 7.11. The van der Waals surface area contributed by atoms with Crippen molar-refractivity contribution in [2.24, 2.45) is 5.41 Å². The van der Waals surface area contributed by atoms with Gasteiger partial charge < -0.3 is 9.80 Å². The van der Waals surface area contributed by atoms with Crippen molar-refractivity contribution >= 4 is 0 Å². The summed E-state index contributed by atoms with van der Waals surface area (Å²) in [5.74, 6) is 0. The van der Waals surface area contributed by atoms with Crippen LogP contribution in [0.1, 0.15) is 47.0 Å². The van der Waals surface area contributed by atoms with Gasteiger partial charge in [-0.2, -0.15) is 0 Å². The summed E-state index contributed by atoms with van der Waals surface area (Å²) in [6.07, 6.45) is 3.76. The Labute approximate surface area is 108 Å². The highest BCUT2D eigenvalue weighted by Gasteiger charge is 2.37. The molecule has 0 aromatic carbocycles. The van der Waals surface area contributed by atoms with Gasteiger partial charge in [0.05, 0.1) is 0 Å². The molecule has 2 heteroatoms. The highest BCUT2D eigenvalue weighted by atomic mass is 15.2. The molecule has 1 rings (SSSR count). The van der Waals surface area contributed by atoms with Crippen LogP contribution < -0.4 is 0 Å². The fourth-order valence-corrected chi connectivity index (χ4v) is 2.83. The Hall–Kier alpha value is -0.500. The maximum atomic E-state index is 4.40. The lowest BCUT2D eigenvalue weighted by molar-refractivity contribution is 0.102. The molecule has 0 radical (unpaired) electrons. The van der Waals surface area contributed by atoms with Crippen LogP contribution in [0.2, 0.25) is 0 Å². The zero-order valence-corrected chi connectivity index (χ0v) is 12.4. The van der Waals surface area contributed by atoms with Crippen LogP contribution in [0.4, 0.5) is 0 Å². The molecule has 100 valence electrons. The number of hydrogen-bond donors (Lipinski definition) is 0. The Kier molecular flexibility index (Phi) is 5.05. The maximum Gasteiger partial charge on any atom is 0.0227 e. The molecule has 1 heterocycles. The number of allylic oxidation sites excluding steroid dienone is 1. The smallest absolute Gasteiger partial charge is 0.0227 e. The van der Waals surface area contributed by atoms with Crippen LogP contribution in [0.15, 0.2) is 12.3 Å². The number of nitrogens with zero attached hydrogens (tertiary/aromatic N) is 2. The fraction of sp³-hybridized carbons (Fsp3) is 0.867. The summed E-state index contributed by atoms with van der Waals surface area (Å²) in [4.78, 5) is 4.92. The molecular formula is C15H30N2. The second kappa shape index (κ2) is 5.90. The van der Waals surface area contributed by atoms with Crippen LogP contribution in [0.5, 0.6) is 0 Å². The van der Waals surface area contributed by atoms with Crippen LogP contribution in [-0.4, -0.2) is 42.5 Å². The third kappa shape index (κ3) is 3.04. The predicted molar refractivity (Wildman–Crippen MR) is 76.1 cm³/mol. The molecule has 0 atom stereocenters. The van der Waals surface area contributed by atoms with E-state index < -0.39 is 0 Å². The van der Waals surface area contributed by atoms with Gasteiger partial charge in [-0.15, -0.1) is 0 Å². The maximum absolute atomic E-state index is 4.40. The van der Waals surface area contributed by atoms with Crippen molar-refractivity contribution in [3.63, 3.8) is 0 Å². The summed E-state index contributed by atoms with van der Waals surface area (Å²) in [7, 11) is 2.19. The van der Waals surface area contributed by atoms with E-state index in [0.717, 1.165) is 0 Å². The molecular weight excluding hydrogens is 208 g/mol. The number of hydrogen-bond acceptors (Lipinski definition) is 2. The van der Waals surface area contributed by atoms with Gasteiger partial charge in [-0.3, -0.25) is 0 Å². The minimum atomic E-state index is 0.352. The van der Waals surface area contributed by atoms with Gasteiger partial charge in [-0.05, 0) is 52.7 Å². The molecule has 0 aromatic rings. The lowest BCUT2D eigenvalue weighted by Gasteiger charge is -2.46. The first kappa shape index (κ1) is 14.6. The summed E-state index contributed by atoms with van der Waals surface area (Å²) < 4.78 is 0. The Morgan fingerprint density at radius 2 is 1.82 bits per heavy atom. The topological polar surface area (TPSA) is 6.48 Å². The highest BCUT2D eigenvalue weighted by Crippen LogP contribution is 2.42. The summed E-state index contributed by atoms with van der Waals surface area (Å²) in [6, 6.07) is 0.551. The molecule has 0 aliphatic carbocycles. The molecule has 1 fully saturated rings. The van der Waals surface area contributed by atoms with Crippen molar-refractivity contribution in [2.45, 2.75) is 53.0 Å². The van der Waals surface area contributed by atoms with Gasteiger partial charge in [-0.25, -0.2) is 0 Å². The molecule has 0 aromatic heterocycles. The van der Waals surface area contributed by atoms with Gasteiger partial charge in [0, 0.05) is 24.2 Å². The molecule has 0 unspecified atom stereocenters. The minimum Gasteiger partial charge on any atom is -0.375 e. The lowest BCUT2D eigenvalue weighted by Crippen LogP contribution is -2.44. The predicted octanol–water partition coefficient (Wildman–Crippen LogP) is 3.35. The fourth-order valence-electron chi connectivity index (χ4n) is 2.83. The van der Waals surface area contributed by atoms with Gasteiger partial charge in [0.1, 0.15) is 0 Å². The lowest BCUT2D eigenvalue weighted by atomic mass is 9.73. The molecule has 2 nitrogen and oxygen atoms in total. The van der Waals surface area contributed by atoms with E-state index in [1.54, 1.807) is 0 Å². The van der Waals surface area contributed by atoms with E-state index in [9.17, 15) is 0 Å². The van der Waals surface area contributed by atoms with Crippen molar-refractivity contribution in [3.05, 3.63) is 12.3 Å². The summed E-state index contributed by atoms with van der Waals surface area (Å²) in [5.41, 5.74) is 1.70. The largest absolute Gasteiger partial charge is 0.375 e. The van der Waals surface area contributed by atoms with Crippen LogP contribution >= 0.6 is 0 Å². The van der Waals surface area contributed by atoms with Crippen LogP contribution in [0, 0.1) is 5.41 Å². The van der Waals surface area contributed by atoms with Crippen molar-refractivity contribution < 1.29 is 0 Å². The van der Waals surface area contributed by atoms with Crippen molar-refractivity contribution in [3.8, 4) is 0 Å². The number of piperidine rings is 1.